The molecule has 5 aromatic rings. The molecular weight excluding hydrogens is 1790 g/mol. The van der Waals surface area contributed by atoms with E-state index in [-0.39, 0.29) is 92.8 Å². The van der Waals surface area contributed by atoms with Crippen molar-refractivity contribution in [3.8, 4) is 5.88 Å². The molecule has 4 fully saturated rings. The number of rotatable bonds is 26. The van der Waals surface area contributed by atoms with Gasteiger partial charge in [0.25, 0.3) is 16.8 Å². The third kappa shape index (κ3) is 28.0. The molecule has 5 unspecified atom stereocenters. The number of ether oxygens (including phenoxy) is 4. The van der Waals surface area contributed by atoms with E-state index >= 15 is 0 Å². The quantitative estimate of drug-likeness (QED) is 0.0107. The normalized spacial score (nSPS) is 25.2. The number of nitro groups is 1. The third-order valence-corrected chi connectivity index (χ3v) is 53.1. The molecule has 4 saturated heterocycles. The molecule has 4 aliphatic rings. The summed E-state index contributed by atoms with van der Waals surface area (Å²) in [7, 11) is -13.6. The molecule has 126 heavy (non-hydrogen) atoms. The zero-order valence-corrected chi connectivity index (χ0v) is 85.7. The fourth-order valence-electron chi connectivity index (χ4n) is 11.9. The van der Waals surface area contributed by atoms with Crippen molar-refractivity contribution < 1.29 is 132 Å². The van der Waals surface area contributed by atoms with E-state index < -0.39 is 217 Å². The van der Waals surface area contributed by atoms with Crippen molar-refractivity contribution in [2.75, 3.05) is 31.7 Å². The number of para-hydroxylation sites is 1. The standard InChI is InChI=1S/C27H54N2O8SSi3.C27H54N2O6Si3.C17H20N4O7.C9H12N2O6.CH4.Ar/c1-25(2,3)39(10,11)33-18-19-21(36-40(12,13)26(4,5)6)22(37-41(14,15)27(7,8)9)23(34-19)29-17-16-20(28-24(29)30)35-38(31)32;1-25(2,3)36(10,11)32-18-19-21(34-37(12,13)26(4,5)6)22(35-38(14,15)27(7,8)9)23(33-19)29-17-16-20(30)28-24(29)31;1-9(10-4-2-3-5-11(10)21(26)27)18-13-6-7-20(17(25)19-13)16-15(24)14(23)12(8-22)28-16;12-3-4-6(14)7(15)8(17-4)11-2-1-5(13)10-9(11)16;;/h16-17,19,21-23H,18H2,1-15H3,(H,31,32);16-17,19,21-23H,18H2,1-15H3,(H,28,30,31);2-7,9,12,14-16,22-24H,8H2,1H3,(H,18,19,25);1-2,4,6-8,12,14-15H,3H2,(H,10,13,16);1H4;/p-1/t2*19-,21+,22?,23-;9-,12+,14-,15?,16+;4-,6+,7?,8-;;/m1101../s1. The van der Waals surface area contributed by atoms with E-state index in [1.807, 2.05) is 4.98 Å². The number of H-pyrrole nitrogens is 2. The predicted molar refractivity (Wildman–Crippen MR) is 489 cm³/mol. The van der Waals surface area contributed by atoms with E-state index in [0.717, 1.165) is 21.4 Å². The first-order chi connectivity index (χ1) is 56.4. The van der Waals surface area contributed by atoms with Gasteiger partial charge in [0, 0.05) is 86.8 Å². The van der Waals surface area contributed by atoms with Crippen molar-refractivity contribution in [3.05, 3.63) is 152 Å². The Balaban J connectivity index is 0.000000363. The van der Waals surface area contributed by atoms with E-state index in [2.05, 4.69) is 228 Å². The monoisotopic (exact) mass is 1930 g/mol. The van der Waals surface area contributed by atoms with E-state index in [9.17, 15) is 68.1 Å². The summed E-state index contributed by atoms with van der Waals surface area (Å²) in [5.74, 6) is -0.134. The molecule has 0 aliphatic carbocycles. The number of hydrogen-bond donors (Lipinski definition) is 9. The minimum atomic E-state index is -2.85. The maximum Gasteiger partial charge on any atom is 0.353 e. The molecule has 0 saturated carbocycles. The van der Waals surface area contributed by atoms with Gasteiger partial charge in [-0.15, -0.1) is 0 Å². The number of nitro benzene ring substituents is 1. The molecule has 9 rings (SSSR count). The van der Waals surface area contributed by atoms with Crippen LogP contribution in [0.3, 0.4) is 0 Å². The molecule has 9 N–H and O–H groups in total. The van der Waals surface area contributed by atoms with Gasteiger partial charge in [0.15, 0.2) is 74.8 Å². The van der Waals surface area contributed by atoms with Gasteiger partial charge < -0.3 is 90.2 Å². The maximum atomic E-state index is 13.2. The molecule has 45 heteroatoms. The average Bonchev–Trinajstić information content (AvgIpc) is 1.56. The number of nitrogens with zero attached hydrogens (tertiary/aromatic N) is 7. The molecule has 0 amide bonds. The van der Waals surface area contributed by atoms with Crippen LogP contribution in [0.2, 0.25) is 109 Å². The van der Waals surface area contributed by atoms with Gasteiger partial charge in [-0.1, -0.05) is 150 Å². The minimum absolute atomic E-state index is 0. The topological polar surface area (TPSA) is 498 Å². The molecule has 18 atom stereocenters. The fourth-order valence-corrected chi connectivity index (χ4v) is 19.4. The number of nitrogens with one attached hydrogen (secondary N) is 3. The van der Waals surface area contributed by atoms with E-state index in [1.165, 1.54) is 52.0 Å². The van der Waals surface area contributed by atoms with Crippen LogP contribution in [-0.4, -0.2) is 232 Å². The summed E-state index contributed by atoms with van der Waals surface area (Å²) in [6.45, 7) is 67.2. The number of aromatic amines is 2. The Hall–Kier alpha value is -4.63. The average molecular weight is 1930 g/mol. The zero-order chi connectivity index (χ0) is 94.7. The molecular formula is C81H143ArN10O27SSi6-. The summed E-state index contributed by atoms with van der Waals surface area (Å²) in [4.78, 5) is 95.4. The van der Waals surface area contributed by atoms with Crippen LogP contribution < -0.4 is 43.4 Å². The molecule has 0 spiro atoms. The maximum absolute atomic E-state index is 13.2. The fraction of sp³-hybridized carbons (Fsp3) is 0.728. The molecule has 4 aliphatic heterocycles. The Kier molecular flexibility index (Phi) is 39.3. The predicted octanol–water partition coefficient (Wildman–Crippen LogP) is 10.1. The van der Waals surface area contributed by atoms with Crippen LogP contribution in [0.5, 0.6) is 5.88 Å². The Bertz CT molecular complexity index is 4820. The third-order valence-electron chi connectivity index (χ3n) is 25.9. The summed E-state index contributed by atoms with van der Waals surface area (Å²) in [5, 5.41) is 70.9. The Morgan fingerprint density at radius 3 is 1.13 bits per heavy atom. The summed E-state index contributed by atoms with van der Waals surface area (Å²) in [5.41, 5.74) is -3.38. The number of aliphatic hydroxyl groups is 6. The SMILES string of the molecule is C.CC(C)(C)[Si](C)(C)OC[C@H]1O[C@@H](n2ccc(=O)[nH]c2=O)C(O[Si](C)(C)C(C)(C)C)[C@H]1O[Si](C)(C)C(C)(C)C.CC(C)(C)[Si](C)(C)OC[C@H]1O[C@@H](n2ccc(OS(=O)[O-])nc2=O)C(O[Si](C)(C)C(C)(C)C)[C@H]1O[Si](C)(C)C(C)(C)C.C[C@H](Nc1ccn([C@@H]2O[C@H](CO)[C@H](O)C2O)c(=O)n1)c1ccccc1[N+](=O)[O-].O=c1ccn([C@@H]2O[C@H](CO)[C@H](O)C2O)c(=O)[nH]1.[Ar]. The van der Waals surface area contributed by atoms with Crippen LogP contribution >= 0.6 is 0 Å². The number of anilines is 1. The van der Waals surface area contributed by atoms with Gasteiger partial charge in [0.2, 0.25) is 5.88 Å². The number of aliphatic hydroxyl groups excluding tert-OH is 6. The molecule has 0 bridgehead atoms. The number of hydrogen-bond acceptors (Lipinski definition) is 30. The van der Waals surface area contributed by atoms with Gasteiger partial charge in [-0.2, -0.15) is 9.97 Å². The Morgan fingerprint density at radius 1 is 0.476 bits per heavy atom. The second-order valence-electron chi connectivity index (χ2n) is 41.1. The summed E-state index contributed by atoms with van der Waals surface area (Å²) in [6.07, 6.45) is -8.92. The van der Waals surface area contributed by atoms with Crippen LogP contribution in [0.15, 0.2) is 102 Å². The van der Waals surface area contributed by atoms with Crippen molar-refractivity contribution >= 4 is 72.8 Å². The van der Waals surface area contributed by atoms with Crippen molar-refractivity contribution in [1.29, 1.82) is 0 Å². The van der Waals surface area contributed by atoms with Crippen LogP contribution in [0, 0.1) is 47.9 Å². The van der Waals surface area contributed by atoms with Gasteiger partial charge in [-0.25, -0.2) is 23.4 Å². The van der Waals surface area contributed by atoms with E-state index in [4.69, 9.17) is 55.7 Å². The van der Waals surface area contributed by atoms with Crippen molar-refractivity contribution in [2.24, 2.45) is 0 Å². The smallest absolute Gasteiger partial charge is 0.353 e. The van der Waals surface area contributed by atoms with Crippen LogP contribution in [0.1, 0.15) is 175 Å². The van der Waals surface area contributed by atoms with Crippen LogP contribution in [-0.2, 0) is 56.9 Å². The first-order valence-electron chi connectivity index (χ1n) is 41.5. The molecule has 4 aromatic heterocycles. The summed E-state index contributed by atoms with van der Waals surface area (Å²) in [6, 6.07) is 10.9. The van der Waals surface area contributed by atoms with E-state index in [0.29, 0.717) is 18.8 Å². The Labute approximate surface area is 778 Å². The number of benzene rings is 1. The molecule has 1 aromatic carbocycles. The van der Waals surface area contributed by atoms with Crippen molar-refractivity contribution in [2.45, 2.75) is 352 Å². The molecule has 718 valence electrons. The van der Waals surface area contributed by atoms with Gasteiger partial charge >= 0.3 is 22.8 Å². The molecule has 0 radical (unpaired) electrons. The van der Waals surface area contributed by atoms with Crippen molar-refractivity contribution in [1.82, 2.24) is 38.2 Å². The van der Waals surface area contributed by atoms with Crippen molar-refractivity contribution in [3.63, 3.8) is 0 Å². The summed E-state index contributed by atoms with van der Waals surface area (Å²) >= 11 is -2.85. The van der Waals surface area contributed by atoms with Crippen LogP contribution in [0.4, 0.5) is 11.5 Å². The van der Waals surface area contributed by atoms with Crippen LogP contribution in [0.25, 0.3) is 0 Å². The van der Waals surface area contributed by atoms with E-state index in [1.54, 1.807) is 25.1 Å². The van der Waals surface area contributed by atoms with Gasteiger partial charge in [0.05, 0.1) is 43.0 Å². The molecule has 37 nitrogen and oxygen atoms in total. The zero-order valence-electron chi connectivity index (χ0n) is 78.2. The number of aromatic nitrogens is 8. The molecule has 8 heterocycles. The van der Waals surface area contributed by atoms with Gasteiger partial charge in [-0.05, 0) is 122 Å². The van der Waals surface area contributed by atoms with Gasteiger partial charge in [-0.3, -0.25) is 47.9 Å². The second kappa shape index (κ2) is 43.6. The first kappa shape index (κ1) is 114. The van der Waals surface area contributed by atoms with Gasteiger partial charge in [0.1, 0.15) is 90.4 Å². The summed E-state index contributed by atoms with van der Waals surface area (Å²) < 4.78 is 96.6. The largest absolute Gasteiger partial charge is 0.740 e. The Morgan fingerprint density at radius 2 is 0.794 bits per heavy atom. The minimum Gasteiger partial charge on any atom is -0.740 e. The second-order valence-corrected chi connectivity index (χ2v) is 70.3. The first-order valence-corrected chi connectivity index (χ1v) is 60.0.